The van der Waals surface area contributed by atoms with Gasteiger partial charge >= 0.3 is 0 Å². The molecule has 1 atom stereocenters. The molecule has 110 valence electrons. The number of aliphatic hydroxyl groups excluding tert-OH is 1. The van der Waals surface area contributed by atoms with Gasteiger partial charge in [0, 0.05) is 24.2 Å². The van der Waals surface area contributed by atoms with Crippen molar-refractivity contribution in [2.75, 3.05) is 6.54 Å². The number of benzene rings is 1. The highest BCUT2D eigenvalue weighted by Gasteiger charge is 2.15. The summed E-state index contributed by atoms with van der Waals surface area (Å²) < 4.78 is 0. The Balaban J connectivity index is 2.68. The molecular formula is C14H20N2O4. The van der Waals surface area contributed by atoms with E-state index in [0.29, 0.717) is 24.1 Å². The van der Waals surface area contributed by atoms with Gasteiger partial charge in [-0.2, -0.15) is 0 Å². The Morgan fingerprint density at radius 1 is 1.45 bits per heavy atom. The van der Waals surface area contributed by atoms with E-state index in [4.69, 9.17) is 0 Å². The van der Waals surface area contributed by atoms with Crippen LogP contribution in [0.1, 0.15) is 36.2 Å². The summed E-state index contributed by atoms with van der Waals surface area (Å²) in [5, 5.41) is 23.0. The van der Waals surface area contributed by atoms with Crippen LogP contribution in [-0.2, 0) is 0 Å². The van der Waals surface area contributed by atoms with Crippen LogP contribution in [0.15, 0.2) is 18.2 Å². The number of carbonyl (C=O) groups excluding carboxylic acids is 1. The Labute approximate surface area is 118 Å². The molecule has 6 heteroatoms. The molecule has 0 heterocycles. The number of nitrogens with zero attached hydrogens (tertiary/aromatic N) is 1. The summed E-state index contributed by atoms with van der Waals surface area (Å²) in [5.74, 6) is -0.228. The molecule has 2 N–H and O–H groups in total. The van der Waals surface area contributed by atoms with Crippen LogP contribution in [0.2, 0.25) is 0 Å². The van der Waals surface area contributed by atoms with Gasteiger partial charge in [0.15, 0.2) is 0 Å². The largest absolute Gasteiger partial charge is 0.393 e. The summed E-state index contributed by atoms with van der Waals surface area (Å²) in [6.07, 6.45) is -0.0151. The van der Waals surface area contributed by atoms with E-state index in [-0.39, 0.29) is 17.5 Å². The summed E-state index contributed by atoms with van der Waals surface area (Å²) in [6, 6.07) is 4.19. The van der Waals surface area contributed by atoms with Crippen LogP contribution in [0.25, 0.3) is 0 Å². The lowest BCUT2D eigenvalue weighted by Crippen LogP contribution is -2.29. The summed E-state index contributed by atoms with van der Waals surface area (Å²) >= 11 is 0. The molecule has 1 unspecified atom stereocenters. The van der Waals surface area contributed by atoms with E-state index in [1.165, 1.54) is 12.1 Å². The van der Waals surface area contributed by atoms with Crippen molar-refractivity contribution >= 4 is 11.6 Å². The number of carbonyl (C=O) groups is 1. The average Bonchev–Trinajstić information content (AvgIpc) is 2.38. The minimum Gasteiger partial charge on any atom is -0.393 e. The zero-order valence-corrected chi connectivity index (χ0v) is 11.9. The lowest BCUT2D eigenvalue weighted by atomic mass is 10.0. The first-order valence-corrected chi connectivity index (χ1v) is 6.54. The molecule has 0 spiro atoms. The van der Waals surface area contributed by atoms with Gasteiger partial charge in [-0.15, -0.1) is 0 Å². The van der Waals surface area contributed by atoms with Crippen molar-refractivity contribution in [3.8, 4) is 0 Å². The maximum atomic E-state index is 12.0. The van der Waals surface area contributed by atoms with E-state index in [9.17, 15) is 20.0 Å². The normalized spacial score (nSPS) is 12.2. The van der Waals surface area contributed by atoms with Gasteiger partial charge in [-0.25, -0.2) is 0 Å². The maximum absolute atomic E-state index is 12.0. The molecule has 0 radical (unpaired) electrons. The predicted molar refractivity (Wildman–Crippen MR) is 75.6 cm³/mol. The Bertz CT molecular complexity index is 500. The number of nitro benzene ring substituents is 1. The van der Waals surface area contributed by atoms with Crippen molar-refractivity contribution in [2.45, 2.75) is 33.3 Å². The monoisotopic (exact) mass is 280 g/mol. The van der Waals surface area contributed by atoms with Crippen LogP contribution in [0.3, 0.4) is 0 Å². The minimum atomic E-state index is -0.529. The predicted octanol–water partition coefficient (Wildman–Crippen LogP) is 2.04. The molecule has 0 saturated carbocycles. The lowest BCUT2D eigenvalue weighted by Gasteiger charge is -2.14. The number of rotatable bonds is 6. The smallest absolute Gasteiger partial charge is 0.270 e. The molecule has 1 aromatic rings. The average molecular weight is 280 g/mol. The van der Waals surface area contributed by atoms with Gasteiger partial charge in [0.2, 0.25) is 0 Å². The molecule has 0 aliphatic carbocycles. The van der Waals surface area contributed by atoms with Crippen LogP contribution < -0.4 is 5.32 Å². The first-order valence-electron chi connectivity index (χ1n) is 6.54. The highest BCUT2D eigenvalue weighted by molar-refractivity contribution is 5.96. The molecule has 0 bridgehead atoms. The molecule has 20 heavy (non-hydrogen) atoms. The molecule has 0 aromatic heterocycles. The van der Waals surface area contributed by atoms with Gasteiger partial charge in [-0.3, -0.25) is 14.9 Å². The fraction of sp³-hybridized carbons (Fsp3) is 0.500. The van der Waals surface area contributed by atoms with Crippen molar-refractivity contribution in [1.29, 1.82) is 0 Å². The third-order valence-corrected chi connectivity index (χ3v) is 3.17. The van der Waals surface area contributed by atoms with E-state index >= 15 is 0 Å². The molecule has 0 aliphatic rings. The van der Waals surface area contributed by atoms with Crippen molar-refractivity contribution in [2.24, 2.45) is 5.92 Å². The highest BCUT2D eigenvalue weighted by Crippen LogP contribution is 2.17. The van der Waals surface area contributed by atoms with E-state index < -0.39 is 11.0 Å². The van der Waals surface area contributed by atoms with Crippen LogP contribution >= 0.6 is 0 Å². The molecular weight excluding hydrogens is 260 g/mol. The number of nitrogens with one attached hydrogen (secondary N) is 1. The Hall–Kier alpha value is -1.95. The number of amides is 1. The minimum absolute atomic E-state index is 0.108. The van der Waals surface area contributed by atoms with Gasteiger partial charge in [-0.05, 0) is 24.8 Å². The fourth-order valence-corrected chi connectivity index (χ4v) is 1.73. The van der Waals surface area contributed by atoms with Gasteiger partial charge in [0.1, 0.15) is 0 Å². The van der Waals surface area contributed by atoms with Crippen molar-refractivity contribution in [3.63, 3.8) is 0 Å². The van der Waals surface area contributed by atoms with Crippen LogP contribution in [-0.4, -0.2) is 28.6 Å². The second kappa shape index (κ2) is 7.00. The number of hydrogen-bond acceptors (Lipinski definition) is 4. The summed E-state index contributed by atoms with van der Waals surface area (Å²) in [4.78, 5) is 22.2. The molecule has 1 amide bonds. The maximum Gasteiger partial charge on any atom is 0.270 e. The van der Waals surface area contributed by atoms with Crippen LogP contribution in [0, 0.1) is 23.0 Å². The van der Waals surface area contributed by atoms with E-state index in [1.54, 1.807) is 13.0 Å². The molecule has 1 rings (SSSR count). The molecule has 6 nitrogen and oxygen atoms in total. The molecule has 1 aromatic carbocycles. The van der Waals surface area contributed by atoms with E-state index in [2.05, 4.69) is 5.32 Å². The summed E-state index contributed by atoms with van der Waals surface area (Å²) in [5.41, 5.74) is 0.860. The Morgan fingerprint density at radius 2 is 2.10 bits per heavy atom. The third-order valence-electron chi connectivity index (χ3n) is 3.17. The number of non-ortho nitro benzene ring substituents is 1. The molecule has 0 aliphatic heterocycles. The van der Waals surface area contributed by atoms with Crippen molar-refractivity contribution in [3.05, 3.63) is 39.4 Å². The molecule has 0 fully saturated rings. The topological polar surface area (TPSA) is 92.5 Å². The van der Waals surface area contributed by atoms with Crippen molar-refractivity contribution < 1.29 is 14.8 Å². The zero-order valence-electron chi connectivity index (χ0n) is 11.9. The quantitative estimate of drug-likeness (QED) is 0.616. The lowest BCUT2D eigenvalue weighted by molar-refractivity contribution is -0.384. The van der Waals surface area contributed by atoms with Crippen LogP contribution in [0.5, 0.6) is 0 Å². The number of nitro groups is 1. The fourth-order valence-electron chi connectivity index (χ4n) is 1.73. The van der Waals surface area contributed by atoms with Crippen molar-refractivity contribution in [1.82, 2.24) is 5.32 Å². The second-order valence-corrected chi connectivity index (χ2v) is 5.11. The molecule has 0 saturated heterocycles. The third kappa shape index (κ3) is 4.31. The van der Waals surface area contributed by atoms with Gasteiger partial charge in [-0.1, -0.05) is 19.9 Å². The SMILES string of the molecule is Cc1ccc([N+](=O)[O-])cc1C(=O)NCCC(O)C(C)C. The van der Waals surface area contributed by atoms with Gasteiger partial charge in [0.05, 0.1) is 11.0 Å². The number of aryl methyl sites for hydroxylation is 1. The van der Waals surface area contributed by atoms with E-state index in [0.717, 1.165) is 0 Å². The Kier molecular flexibility index (Phi) is 5.64. The van der Waals surface area contributed by atoms with Gasteiger partial charge in [0.25, 0.3) is 11.6 Å². The summed E-state index contributed by atoms with van der Waals surface area (Å²) in [7, 11) is 0. The van der Waals surface area contributed by atoms with Gasteiger partial charge < -0.3 is 10.4 Å². The number of hydrogen-bond donors (Lipinski definition) is 2. The summed E-state index contributed by atoms with van der Waals surface area (Å²) in [6.45, 7) is 5.86. The Morgan fingerprint density at radius 3 is 2.65 bits per heavy atom. The second-order valence-electron chi connectivity index (χ2n) is 5.11. The van der Waals surface area contributed by atoms with Crippen LogP contribution in [0.4, 0.5) is 5.69 Å². The first-order chi connectivity index (χ1) is 9.32. The highest BCUT2D eigenvalue weighted by atomic mass is 16.6. The van der Waals surface area contributed by atoms with E-state index in [1.807, 2.05) is 13.8 Å². The number of aliphatic hydroxyl groups is 1. The standard InChI is InChI=1S/C14H20N2O4/c1-9(2)13(17)6-7-15-14(18)12-8-11(16(19)20)5-4-10(12)3/h4-5,8-9,13,17H,6-7H2,1-3H3,(H,15,18). The zero-order chi connectivity index (χ0) is 15.3. The first kappa shape index (κ1) is 16.1.